The Bertz CT molecular complexity index is 122. The molecule has 0 aliphatic heterocycles. The molecule has 0 aliphatic rings. The maximum Gasteiger partial charge on any atom is 2.00 e. The summed E-state index contributed by atoms with van der Waals surface area (Å²) in [5.41, 5.74) is 0. The summed E-state index contributed by atoms with van der Waals surface area (Å²) in [6.45, 7) is 0. The van der Waals surface area contributed by atoms with Gasteiger partial charge < -0.3 is 33.2 Å². The predicted octanol–water partition coefficient (Wildman–Crippen LogP) is -1.69. The molecule has 11 heavy (non-hydrogen) atoms. The van der Waals surface area contributed by atoms with Gasteiger partial charge in [0.1, 0.15) is 0 Å². The zero-order valence-electron chi connectivity index (χ0n) is 7.21. The van der Waals surface area contributed by atoms with Crippen LogP contribution in [0.2, 0.25) is 0 Å². The van der Waals surface area contributed by atoms with Crippen molar-refractivity contribution in [1.82, 2.24) is 0 Å². The quantitative estimate of drug-likeness (QED) is 0.240. The molecule has 0 aliphatic carbocycles. The minimum atomic E-state index is -4.64. The average Bonchev–Trinajstić information content (AvgIpc) is 1.19. The largest absolute Gasteiger partial charge is 2.00 e. The van der Waals surface area contributed by atoms with Crippen molar-refractivity contribution in [3.05, 3.63) is 0 Å². The van der Waals surface area contributed by atoms with E-state index in [0.29, 0.717) is 0 Å². The number of hydrogen-bond acceptors (Lipinski definition) is 2. The van der Waals surface area contributed by atoms with E-state index in [-0.39, 0.29) is 46.1 Å². The first kappa shape index (κ1) is 22.6. The summed E-state index contributed by atoms with van der Waals surface area (Å²) in [5.74, 6) is 0. The van der Waals surface area contributed by atoms with Crippen molar-refractivity contribution in [3.63, 3.8) is 0 Å². The molecule has 0 bridgehead atoms. The van der Waals surface area contributed by atoms with Crippen molar-refractivity contribution in [3.8, 4) is 0 Å². The fraction of sp³-hybridized carbons (Fsp3) is 0. The van der Waals surface area contributed by atoms with E-state index in [1.165, 1.54) is 0 Å². The maximum absolute atomic E-state index is 8.88. The van der Waals surface area contributed by atoms with E-state index in [2.05, 4.69) is 0 Å². The average molecular weight is 220 g/mol. The van der Waals surface area contributed by atoms with Crippen LogP contribution in [0, 0.1) is 0 Å². The van der Waals surface area contributed by atoms with Crippen LogP contribution in [0.25, 0.3) is 0 Å². The zero-order valence-corrected chi connectivity index (χ0v) is 8.31. The van der Waals surface area contributed by atoms with Crippen molar-refractivity contribution < 1.29 is 42.6 Å². The predicted molar refractivity (Wildman–Crippen MR) is 36.5 cm³/mol. The molecule has 0 spiro atoms. The Kier molecular flexibility index (Phi) is 21.7. The molecule has 68 valence electrons. The standard InChI is InChI=1S/CH2O3.Ca.H3O4P.H2O.2H/c2-1(3)4;;1-5(2,3)4;;;/h(H2,2,3,4);;(H3,1,2,3,4);1H2;;/q;+2;;;2*-1. The molecule has 8 nitrogen and oxygen atoms in total. The second kappa shape index (κ2) is 10.6. The minimum absolute atomic E-state index is 0. The van der Waals surface area contributed by atoms with Crippen LogP contribution in [0.5, 0.6) is 0 Å². The van der Waals surface area contributed by atoms with E-state index < -0.39 is 14.0 Å². The normalized spacial score (nSPS) is 7.55. The molecule has 0 fully saturated rings. The van der Waals surface area contributed by atoms with E-state index in [9.17, 15) is 0 Å². The van der Waals surface area contributed by atoms with Gasteiger partial charge in [-0.2, -0.15) is 0 Å². The van der Waals surface area contributed by atoms with Gasteiger partial charge in [0.25, 0.3) is 0 Å². The van der Waals surface area contributed by atoms with Gasteiger partial charge in [-0.25, -0.2) is 9.36 Å². The van der Waals surface area contributed by atoms with Crippen molar-refractivity contribution in [2.75, 3.05) is 0 Å². The zero-order chi connectivity index (χ0) is 8.08. The fourth-order valence-corrected chi connectivity index (χ4v) is 0. The number of carbonyl (C=O) groups is 1. The Morgan fingerprint density at radius 1 is 1.18 bits per heavy atom. The summed E-state index contributed by atoms with van der Waals surface area (Å²) in [6.07, 6.45) is -1.83. The van der Waals surface area contributed by atoms with Gasteiger partial charge >= 0.3 is 51.7 Å². The van der Waals surface area contributed by atoms with Gasteiger partial charge in [-0.05, 0) is 0 Å². The van der Waals surface area contributed by atoms with Gasteiger partial charge in [-0.3, -0.25) is 0 Å². The Morgan fingerprint density at radius 3 is 1.18 bits per heavy atom. The third-order valence-corrected chi connectivity index (χ3v) is 0. The van der Waals surface area contributed by atoms with Crippen LogP contribution in [-0.4, -0.2) is 74.3 Å². The Hall–Kier alpha value is 0.600. The molecule has 10 heteroatoms. The van der Waals surface area contributed by atoms with Crippen LogP contribution in [0.1, 0.15) is 2.85 Å². The minimum Gasteiger partial charge on any atom is -1.00 e. The van der Waals surface area contributed by atoms with Gasteiger partial charge in [0.15, 0.2) is 0 Å². The molecular weight excluding hydrogens is 211 g/mol. The van der Waals surface area contributed by atoms with Crippen molar-refractivity contribution in [2.24, 2.45) is 0 Å². The van der Waals surface area contributed by atoms with E-state index in [1.807, 2.05) is 0 Å². The first-order valence-corrected chi connectivity index (χ1v) is 3.00. The molecule has 7 N–H and O–H groups in total. The smallest absolute Gasteiger partial charge is 1.00 e. The summed E-state index contributed by atoms with van der Waals surface area (Å²) in [6, 6.07) is 0. The molecule has 0 radical (unpaired) electrons. The van der Waals surface area contributed by atoms with Gasteiger partial charge in [0.05, 0.1) is 0 Å². The fourth-order valence-electron chi connectivity index (χ4n) is 0. The second-order valence-electron chi connectivity index (χ2n) is 0.796. The van der Waals surface area contributed by atoms with Crippen LogP contribution < -0.4 is 0 Å². The van der Waals surface area contributed by atoms with Gasteiger partial charge in [0.2, 0.25) is 0 Å². The monoisotopic (exact) mass is 220 g/mol. The molecule has 0 saturated carbocycles. The number of hydrogen-bond donors (Lipinski definition) is 5. The summed E-state index contributed by atoms with van der Waals surface area (Å²) >= 11 is 0. The number of rotatable bonds is 0. The van der Waals surface area contributed by atoms with Crippen molar-refractivity contribution in [1.29, 1.82) is 0 Å². The van der Waals surface area contributed by atoms with Crippen LogP contribution in [0.3, 0.4) is 0 Å². The molecule has 0 amide bonds. The summed E-state index contributed by atoms with van der Waals surface area (Å²) < 4.78 is 8.88. The van der Waals surface area contributed by atoms with Crippen molar-refractivity contribution >= 4 is 51.7 Å². The number of carboxylic acid groups (broad SMARTS) is 2. The SMILES string of the molecule is O.O=C(O)O.O=P(O)(O)O.[Ca+2].[H-].[H-]. The molecule has 0 aromatic rings. The first-order valence-electron chi connectivity index (χ1n) is 1.43. The molecule has 0 saturated heterocycles. The maximum atomic E-state index is 8.88. The van der Waals surface area contributed by atoms with Crippen LogP contribution in [-0.2, 0) is 4.57 Å². The third kappa shape index (κ3) is 2180. The van der Waals surface area contributed by atoms with Gasteiger partial charge in [-0.1, -0.05) is 0 Å². The van der Waals surface area contributed by atoms with Crippen LogP contribution in [0.4, 0.5) is 4.79 Å². The molecule has 0 rings (SSSR count). The van der Waals surface area contributed by atoms with E-state index in [1.54, 1.807) is 0 Å². The van der Waals surface area contributed by atoms with Gasteiger partial charge in [-0.15, -0.1) is 0 Å². The Morgan fingerprint density at radius 2 is 1.18 bits per heavy atom. The van der Waals surface area contributed by atoms with Crippen LogP contribution in [0.15, 0.2) is 0 Å². The molecule has 0 unspecified atom stereocenters. The van der Waals surface area contributed by atoms with E-state index in [0.717, 1.165) is 0 Å². The summed E-state index contributed by atoms with van der Waals surface area (Å²) in [7, 11) is -4.64. The second-order valence-corrected chi connectivity index (χ2v) is 1.82. The topological polar surface area (TPSA) is 167 Å². The van der Waals surface area contributed by atoms with E-state index in [4.69, 9.17) is 34.3 Å². The first-order chi connectivity index (χ1) is 3.73. The number of phosphoric acid groups is 1. The molecule has 0 heterocycles. The van der Waals surface area contributed by atoms with Gasteiger partial charge in [0, 0.05) is 0 Å². The molecule has 0 atom stereocenters. The van der Waals surface area contributed by atoms with E-state index >= 15 is 0 Å². The van der Waals surface area contributed by atoms with Crippen LogP contribution >= 0.6 is 7.82 Å². The Labute approximate surface area is 94.0 Å². The Balaban J connectivity index is -0.0000000146. The molecule has 0 aromatic carbocycles. The molecular formula is CH9CaO8P. The molecule has 0 aromatic heterocycles. The summed E-state index contributed by atoms with van der Waals surface area (Å²) in [5, 5.41) is 13.9. The van der Waals surface area contributed by atoms with Crippen molar-refractivity contribution in [2.45, 2.75) is 0 Å². The third-order valence-electron chi connectivity index (χ3n) is 0. The summed E-state index contributed by atoms with van der Waals surface area (Å²) in [4.78, 5) is 30.1.